The first-order chi connectivity index (χ1) is 12.4. The van der Waals surface area contributed by atoms with Crippen LogP contribution in [0.4, 0.5) is 5.69 Å². The molecule has 1 spiro atoms. The third-order valence-corrected chi connectivity index (χ3v) is 6.22. The van der Waals surface area contributed by atoms with Gasteiger partial charge in [-0.25, -0.2) is 8.93 Å². The van der Waals surface area contributed by atoms with Crippen molar-refractivity contribution in [3.63, 3.8) is 0 Å². The monoisotopic (exact) mass is 370 g/mol. The molecule has 1 aliphatic carbocycles. The topological polar surface area (TPSA) is 69.6 Å². The van der Waals surface area contributed by atoms with E-state index in [9.17, 15) is 13.6 Å². The fourth-order valence-corrected chi connectivity index (χ4v) is 4.63. The first-order valence-electron chi connectivity index (χ1n) is 8.78. The fourth-order valence-electron chi connectivity index (χ4n) is 4.16. The number of hydrogen-bond acceptors (Lipinski definition) is 2. The summed E-state index contributed by atoms with van der Waals surface area (Å²) in [7, 11) is 1.83. The molecule has 26 heavy (non-hydrogen) atoms. The van der Waals surface area contributed by atoms with E-state index in [2.05, 4.69) is 4.72 Å². The van der Waals surface area contributed by atoms with Crippen molar-refractivity contribution >= 4 is 22.9 Å². The third kappa shape index (κ3) is 2.60. The highest BCUT2D eigenvalue weighted by molar-refractivity contribution is 7.77. The molecule has 1 saturated carbocycles. The average molecular weight is 370 g/mol. The number of aryl methyl sites for hydroxylation is 1. The maximum atomic E-state index is 12.8. The molecular formula is C20H22N2O3S. The first kappa shape index (κ1) is 17.4. The normalized spacial score (nSPS) is 20.0. The molecule has 0 radical (unpaired) electrons. The minimum Gasteiger partial charge on any atom is -0.314 e. The summed E-state index contributed by atoms with van der Waals surface area (Å²) in [5, 5.41) is 0. The van der Waals surface area contributed by atoms with Gasteiger partial charge in [0.05, 0.1) is 11.5 Å². The molecular weight excluding hydrogens is 348 g/mol. The number of benzene rings is 2. The maximum absolute atomic E-state index is 12.8. The van der Waals surface area contributed by atoms with Crippen LogP contribution in [0.25, 0.3) is 0 Å². The van der Waals surface area contributed by atoms with Crippen molar-refractivity contribution in [3.05, 3.63) is 64.7 Å². The van der Waals surface area contributed by atoms with Gasteiger partial charge in [0.25, 0.3) is 0 Å². The molecule has 136 valence electrons. The zero-order valence-corrected chi connectivity index (χ0v) is 15.7. The van der Waals surface area contributed by atoms with Crippen molar-refractivity contribution in [2.75, 3.05) is 11.9 Å². The van der Waals surface area contributed by atoms with Crippen LogP contribution in [-0.2, 0) is 21.5 Å². The molecule has 1 heterocycles. The second kappa shape index (κ2) is 6.30. The van der Waals surface area contributed by atoms with Gasteiger partial charge in [0.1, 0.15) is 0 Å². The Morgan fingerprint density at radius 3 is 2.38 bits per heavy atom. The Morgan fingerprint density at radius 2 is 1.81 bits per heavy atom. The molecule has 4 rings (SSSR count). The van der Waals surface area contributed by atoms with E-state index in [0.29, 0.717) is 0 Å². The Bertz CT molecular complexity index is 890. The van der Waals surface area contributed by atoms with Gasteiger partial charge < -0.3 is 4.90 Å². The standard InChI is InChI=1S/C20H22N2O3S/c1-13-4-6-14(7-5-13)18(21-26(24)25)15-8-9-17-16(12-15)20(10-3-11-20)19(23)22(17)2/h4-9,12,18,21H,3,10-11H2,1-2H3,(H,24,25). The Morgan fingerprint density at radius 1 is 1.15 bits per heavy atom. The number of nitrogens with zero attached hydrogens (tertiary/aromatic N) is 1. The van der Waals surface area contributed by atoms with E-state index in [4.69, 9.17) is 0 Å². The predicted molar refractivity (Wildman–Crippen MR) is 102 cm³/mol. The number of nitrogens with one attached hydrogen (secondary N) is 1. The quantitative estimate of drug-likeness (QED) is 0.812. The summed E-state index contributed by atoms with van der Waals surface area (Å²) in [5.74, 6) is 0.168. The maximum Gasteiger partial charge on any atom is 0.237 e. The zero-order valence-electron chi connectivity index (χ0n) is 14.9. The molecule has 2 aromatic rings. The predicted octanol–water partition coefficient (Wildman–Crippen LogP) is 3.21. The molecule has 6 heteroatoms. The molecule has 1 aliphatic heterocycles. The Labute approximate surface area is 155 Å². The smallest absolute Gasteiger partial charge is 0.237 e. The summed E-state index contributed by atoms with van der Waals surface area (Å²) in [6.07, 6.45) is 2.81. The van der Waals surface area contributed by atoms with E-state index < -0.39 is 22.7 Å². The van der Waals surface area contributed by atoms with E-state index in [1.807, 2.05) is 56.4 Å². The second-order valence-corrected chi connectivity index (χ2v) is 8.02. The van der Waals surface area contributed by atoms with Gasteiger partial charge in [-0.2, -0.15) is 0 Å². The molecule has 1 amide bonds. The van der Waals surface area contributed by atoms with E-state index in [1.54, 1.807) is 4.90 Å². The van der Waals surface area contributed by atoms with Crippen LogP contribution in [-0.4, -0.2) is 21.7 Å². The Kier molecular flexibility index (Phi) is 4.22. The lowest BCUT2D eigenvalue weighted by atomic mass is 9.65. The summed E-state index contributed by atoms with van der Waals surface area (Å²) in [6, 6.07) is 13.4. The molecule has 5 nitrogen and oxygen atoms in total. The van der Waals surface area contributed by atoms with Gasteiger partial charge in [-0.15, -0.1) is 0 Å². The summed E-state index contributed by atoms with van der Waals surface area (Å²) < 4.78 is 23.7. The molecule has 2 N–H and O–H groups in total. The highest BCUT2D eigenvalue weighted by Gasteiger charge is 2.53. The van der Waals surface area contributed by atoms with Crippen molar-refractivity contribution in [2.45, 2.75) is 37.6 Å². The summed E-state index contributed by atoms with van der Waals surface area (Å²) in [5.41, 5.74) is 4.55. The Balaban J connectivity index is 1.80. The number of hydrogen-bond donors (Lipinski definition) is 2. The molecule has 2 aromatic carbocycles. The van der Waals surface area contributed by atoms with Gasteiger partial charge in [-0.1, -0.05) is 48.4 Å². The highest BCUT2D eigenvalue weighted by Crippen LogP contribution is 2.53. The van der Waals surface area contributed by atoms with Gasteiger partial charge in [0.15, 0.2) is 0 Å². The number of amides is 1. The molecule has 2 unspecified atom stereocenters. The fraction of sp³-hybridized carbons (Fsp3) is 0.350. The average Bonchev–Trinajstić information content (AvgIpc) is 2.81. The molecule has 0 bridgehead atoms. The van der Waals surface area contributed by atoms with Crippen LogP contribution in [0.15, 0.2) is 42.5 Å². The van der Waals surface area contributed by atoms with Gasteiger partial charge in [-0.05, 0) is 42.5 Å². The van der Waals surface area contributed by atoms with Crippen LogP contribution >= 0.6 is 0 Å². The lowest BCUT2D eigenvalue weighted by Gasteiger charge is -2.37. The lowest BCUT2D eigenvalue weighted by Crippen LogP contribution is -2.43. The van der Waals surface area contributed by atoms with E-state index in [1.165, 1.54) is 0 Å². The first-order valence-corrected chi connectivity index (χ1v) is 9.89. The number of fused-ring (bicyclic) bond motifs is 2. The van der Waals surface area contributed by atoms with Crippen molar-refractivity contribution in [2.24, 2.45) is 0 Å². The van der Waals surface area contributed by atoms with Crippen molar-refractivity contribution in [3.8, 4) is 0 Å². The summed E-state index contributed by atoms with van der Waals surface area (Å²) in [4.78, 5) is 14.5. The van der Waals surface area contributed by atoms with Crippen LogP contribution in [0.3, 0.4) is 0 Å². The molecule has 2 atom stereocenters. The number of rotatable bonds is 4. The number of likely N-dealkylation sites (N-methyl/N-ethyl adjacent to an activating group) is 1. The zero-order chi connectivity index (χ0) is 18.5. The number of carbonyl (C=O) groups is 1. The summed E-state index contributed by atoms with van der Waals surface area (Å²) in [6.45, 7) is 2.01. The minimum atomic E-state index is -2.15. The van der Waals surface area contributed by atoms with Crippen LogP contribution < -0.4 is 9.62 Å². The van der Waals surface area contributed by atoms with Crippen LogP contribution in [0.2, 0.25) is 0 Å². The SMILES string of the molecule is Cc1ccc(C(NS(=O)O)c2ccc3c(c2)C2(CCC2)C(=O)N3C)cc1. The minimum absolute atomic E-state index is 0.168. The van der Waals surface area contributed by atoms with Crippen molar-refractivity contribution < 1.29 is 13.6 Å². The van der Waals surface area contributed by atoms with E-state index >= 15 is 0 Å². The molecule has 1 fully saturated rings. The van der Waals surface area contributed by atoms with Crippen molar-refractivity contribution in [1.29, 1.82) is 0 Å². The molecule has 0 aromatic heterocycles. The van der Waals surface area contributed by atoms with E-state index in [0.717, 1.165) is 47.2 Å². The van der Waals surface area contributed by atoms with Gasteiger partial charge in [-0.3, -0.25) is 9.35 Å². The summed E-state index contributed by atoms with van der Waals surface area (Å²) >= 11 is -2.15. The largest absolute Gasteiger partial charge is 0.314 e. The van der Waals surface area contributed by atoms with Gasteiger partial charge in [0.2, 0.25) is 17.2 Å². The van der Waals surface area contributed by atoms with Gasteiger partial charge >= 0.3 is 0 Å². The third-order valence-electron chi connectivity index (χ3n) is 5.78. The highest BCUT2D eigenvalue weighted by atomic mass is 32.2. The van der Waals surface area contributed by atoms with Crippen LogP contribution in [0.1, 0.15) is 47.6 Å². The number of carbonyl (C=O) groups excluding carboxylic acids is 1. The number of anilines is 1. The van der Waals surface area contributed by atoms with E-state index in [-0.39, 0.29) is 5.91 Å². The van der Waals surface area contributed by atoms with Crippen molar-refractivity contribution in [1.82, 2.24) is 4.72 Å². The van der Waals surface area contributed by atoms with Crippen LogP contribution in [0.5, 0.6) is 0 Å². The Hall–Kier alpha value is -2.02. The lowest BCUT2D eigenvalue weighted by molar-refractivity contribution is -0.125. The second-order valence-electron chi connectivity index (χ2n) is 7.29. The van der Waals surface area contributed by atoms with Crippen LogP contribution in [0, 0.1) is 6.92 Å². The van der Waals surface area contributed by atoms with Gasteiger partial charge in [0, 0.05) is 12.7 Å². The molecule has 0 saturated heterocycles. The molecule has 2 aliphatic rings.